The van der Waals surface area contributed by atoms with E-state index >= 15 is 0 Å². The fraction of sp³-hybridized carbons (Fsp3) is 0.150. The van der Waals surface area contributed by atoms with Crippen LogP contribution in [0.1, 0.15) is 18.5 Å². The van der Waals surface area contributed by atoms with E-state index in [-0.39, 0.29) is 11.3 Å². The van der Waals surface area contributed by atoms with Crippen molar-refractivity contribution in [1.29, 1.82) is 0 Å². The Kier molecular flexibility index (Phi) is 5.12. The number of hydrogen-bond donors (Lipinski definition) is 1. The van der Waals surface area contributed by atoms with Crippen LogP contribution < -0.4 is 14.7 Å². The molecule has 28 heavy (non-hydrogen) atoms. The summed E-state index contributed by atoms with van der Waals surface area (Å²) in [7, 11) is 0. The van der Waals surface area contributed by atoms with Gasteiger partial charge in [0.1, 0.15) is 18.2 Å². The first-order valence-electron chi connectivity index (χ1n) is 8.25. The molecule has 0 bridgehead atoms. The van der Waals surface area contributed by atoms with Crippen LogP contribution in [0.15, 0.2) is 59.9 Å². The SMILES string of the molecule is CC(=O)C1=C(O)C(=O)N(c2ccc(OCC(=O)[O-])cc2)[C@@H]1c1cccc(F)c1. The van der Waals surface area contributed by atoms with E-state index in [0.29, 0.717) is 11.3 Å². The lowest BCUT2D eigenvalue weighted by Gasteiger charge is -2.27. The zero-order chi connectivity index (χ0) is 20.4. The van der Waals surface area contributed by atoms with Crippen molar-refractivity contribution in [2.45, 2.75) is 13.0 Å². The summed E-state index contributed by atoms with van der Waals surface area (Å²) >= 11 is 0. The van der Waals surface area contributed by atoms with Crippen molar-refractivity contribution in [1.82, 2.24) is 0 Å². The van der Waals surface area contributed by atoms with E-state index in [9.17, 15) is 29.0 Å². The van der Waals surface area contributed by atoms with Gasteiger partial charge in [0, 0.05) is 5.69 Å². The fourth-order valence-electron chi connectivity index (χ4n) is 3.07. The number of rotatable bonds is 6. The highest BCUT2D eigenvalue weighted by molar-refractivity contribution is 6.16. The van der Waals surface area contributed by atoms with Gasteiger partial charge in [-0.1, -0.05) is 12.1 Å². The Hall–Kier alpha value is -3.68. The van der Waals surface area contributed by atoms with Crippen LogP contribution in [0.3, 0.4) is 0 Å². The van der Waals surface area contributed by atoms with Gasteiger partial charge in [0.2, 0.25) is 0 Å². The number of carboxylic acids is 1. The van der Waals surface area contributed by atoms with Crippen LogP contribution in [0.2, 0.25) is 0 Å². The largest absolute Gasteiger partial charge is 0.546 e. The molecule has 0 fully saturated rings. The maximum Gasteiger partial charge on any atom is 0.294 e. The third-order valence-corrected chi connectivity index (χ3v) is 4.22. The minimum Gasteiger partial charge on any atom is -0.546 e. The Bertz CT molecular complexity index is 982. The molecular formula is C20H15FNO6-. The molecule has 1 heterocycles. The molecule has 1 aliphatic rings. The molecule has 1 N–H and O–H groups in total. The lowest BCUT2D eigenvalue weighted by Crippen LogP contribution is -2.31. The maximum atomic E-state index is 13.7. The van der Waals surface area contributed by atoms with Gasteiger partial charge >= 0.3 is 0 Å². The Labute approximate surface area is 159 Å². The summed E-state index contributed by atoms with van der Waals surface area (Å²) < 4.78 is 18.7. The minimum absolute atomic E-state index is 0.132. The Morgan fingerprint density at radius 2 is 1.89 bits per heavy atom. The summed E-state index contributed by atoms with van der Waals surface area (Å²) in [6.45, 7) is 0.580. The molecule has 8 heteroatoms. The van der Waals surface area contributed by atoms with Gasteiger partial charge in [-0.3, -0.25) is 14.5 Å². The van der Waals surface area contributed by atoms with E-state index in [4.69, 9.17) is 4.74 Å². The molecule has 1 aliphatic heterocycles. The molecule has 0 radical (unpaired) electrons. The smallest absolute Gasteiger partial charge is 0.294 e. The van der Waals surface area contributed by atoms with Crippen molar-refractivity contribution >= 4 is 23.3 Å². The predicted molar refractivity (Wildman–Crippen MR) is 93.9 cm³/mol. The summed E-state index contributed by atoms with van der Waals surface area (Å²) in [5.74, 6) is -3.72. The first-order valence-corrected chi connectivity index (χ1v) is 8.25. The molecule has 7 nitrogen and oxygen atoms in total. The Morgan fingerprint density at radius 1 is 1.21 bits per heavy atom. The molecular weight excluding hydrogens is 369 g/mol. The van der Waals surface area contributed by atoms with Gasteiger partial charge in [0.05, 0.1) is 17.6 Å². The van der Waals surface area contributed by atoms with E-state index < -0.39 is 41.9 Å². The molecule has 0 spiro atoms. The molecule has 0 saturated carbocycles. The number of halogens is 1. The van der Waals surface area contributed by atoms with E-state index in [2.05, 4.69) is 0 Å². The van der Waals surface area contributed by atoms with Crippen molar-refractivity contribution in [3.63, 3.8) is 0 Å². The maximum absolute atomic E-state index is 13.7. The van der Waals surface area contributed by atoms with Crippen molar-refractivity contribution in [2.75, 3.05) is 11.5 Å². The first-order chi connectivity index (χ1) is 13.3. The quantitative estimate of drug-likeness (QED) is 0.808. The number of amides is 1. The average Bonchev–Trinajstić information content (AvgIpc) is 2.92. The second-order valence-electron chi connectivity index (χ2n) is 6.11. The highest BCUT2D eigenvalue weighted by Crippen LogP contribution is 2.41. The van der Waals surface area contributed by atoms with E-state index in [0.717, 1.165) is 0 Å². The number of Topliss-reactive ketones (excluding diaryl/α,β-unsaturated/α-hetero) is 1. The average molecular weight is 384 g/mol. The molecule has 0 aromatic heterocycles. The van der Waals surface area contributed by atoms with Gasteiger partial charge < -0.3 is 19.7 Å². The van der Waals surface area contributed by atoms with Gasteiger partial charge in [0.25, 0.3) is 5.91 Å². The van der Waals surface area contributed by atoms with Gasteiger partial charge in [-0.05, 0) is 48.9 Å². The number of carbonyl (C=O) groups excluding carboxylic acids is 3. The number of benzene rings is 2. The Morgan fingerprint density at radius 3 is 2.46 bits per heavy atom. The molecule has 1 atom stereocenters. The number of ether oxygens (including phenoxy) is 1. The van der Waals surface area contributed by atoms with Crippen LogP contribution in [0.25, 0.3) is 0 Å². The van der Waals surface area contributed by atoms with Crippen LogP contribution >= 0.6 is 0 Å². The topological polar surface area (TPSA) is 107 Å². The van der Waals surface area contributed by atoms with Crippen LogP contribution in [-0.4, -0.2) is 29.4 Å². The second-order valence-corrected chi connectivity index (χ2v) is 6.11. The molecule has 144 valence electrons. The number of hydrogen-bond acceptors (Lipinski definition) is 6. The number of nitrogens with zero attached hydrogens (tertiary/aromatic N) is 1. The van der Waals surface area contributed by atoms with Gasteiger partial charge in [0.15, 0.2) is 11.5 Å². The normalized spacial score (nSPS) is 16.4. The van der Waals surface area contributed by atoms with Crippen molar-refractivity contribution in [2.24, 2.45) is 0 Å². The summed E-state index contributed by atoms with van der Waals surface area (Å²) in [6.07, 6.45) is 0. The van der Waals surface area contributed by atoms with Gasteiger partial charge in [-0.25, -0.2) is 4.39 Å². The molecule has 2 aromatic carbocycles. The summed E-state index contributed by atoms with van der Waals surface area (Å²) in [5.41, 5.74) is 0.496. The lowest BCUT2D eigenvalue weighted by atomic mass is 9.96. The third-order valence-electron chi connectivity index (χ3n) is 4.22. The lowest BCUT2D eigenvalue weighted by molar-refractivity contribution is -0.307. The number of carboxylic acid groups (broad SMARTS) is 1. The number of ketones is 1. The standard InChI is InChI=1S/C20H16FNO6/c1-11(23)17-18(12-3-2-4-13(21)9-12)22(20(27)19(17)26)14-5-7-15(8-6-14)28-10-16(24)25/h2-9,18,26H,10H2,1H3,(H,24,25)/p-1/t18-/m1/s1. The van der Waals surface area contributed by atoms with Crippen LogP contribution in [0, 0.1) is 5.82 Å². The van der Waals surface area contributed by atoms with Crippen molar-refractivity contribution in [3.05, 3.63) is 71.2 Å². The van der Waals surface area contributed by atoms with Crippen molar-refractivity contribution in [3.8, 4) is 5.75 Å². The minimum atomic E-state index is -1.38. The zero-order valence-electron chi connectivity index (χ0n) is 14.7. The van der Waals surface area contributed by atoms with E-state index in [1.54, 1.807) is 6.07 Å². The van der Waals surface area contributed by atoms with E-state index in [1.807, 2.05) is 0 Å². The second kappa shape index (κ2) is 7.51. The van der Waals surface area contributed by atoms with Crippen molar-refractivity contribution < 1.29 is 33.7 Å². The third kappa shape index (κ3) is 3.57. The highest BCUT2D eigenvalue weighted by atomic mass is 19.1. The van der Waals surface area contributed by atoms with Gasteiger partial charge in [-0.2, -0.15) is 0 Å². The molecule has 1 amide bonds. The molecule has 2 aromatic rings. The highest BCUT2D eigenvalue weighted by Gasteiger charge is 2.43. The zero-order valence-corrected chi connectivity index (χ0v) is 14.7. The fourth-order valence-corrected chi connectivity index (χ4v) is 3.07. The summed E-state index contributed by atoms with van der Waals surface area (Å²) in [6, 6.07) is 10.2. The number of carbonyl (C=O) groups is 3. The van der Waals surface area contributed by atoms with Crippen LogP contribution in [-0.2, 0) is 14.4 Å². The first kappa shape index (κ1) is 19.1. The molecule has 0 saturated heterocycles. The summed E-state index contributed by atoms with van der Waals surface area (Å²) in [5, 5.41) is 20.7. The van der Waals surface area contributed by atoms with E-state index in [1.165, 1.54) is 54.3 Å². The van der Waals surface area contributed by atoms with Gasteiger partial charge in [-0.15, -0.1) is 0 Å². The molecule has 0 unspecified atom stereocenters. The number of aliphatic hydroxyl groups is 1. The van der Waals surface area contributed by atoms with Crippen LogP contribution in [0.4, 0.5) is 10.1 Å². The number of aliphatic carboxylic acids is 1. The number of anilines is 1. The monoisotopic (exact) mass is 384 g/mol. The Balaban J connectivity index is 2.02. The number of aliphatic hydroxyl groups excluding tert-OH is 1. The molecule has 3 rings (SSSR count). The van der Waals surface area contributed by atoms with Crippen LogP contribution in [0.5, 0.6) is 5.75 Å². The summed E-state index contributed by atoms with van der Waals surface area (Å²) in [4.78, 5) is 36.4. The molecule has 0 aliphatic carbocycles. The predicted octanol–water partition coefficient (Wildman–Crippen LogP) is 1.44.